The SMILES string of the molecule is CCOC(=O)NCC(=O)N1CCN(c2ncccn2)CC1. The molecule has 1 N–H and O–H groups in total. The van der Waals surface area contributed by atoms with Gasteiger partial charge in [0.25, 0.3) is 0 Å². The first-order valence-corrected chi connectivity index (χ1v) is 6.91. The second-order valence-electron chi connectivity index (χ2n) is 4.49. The second kappa shape index (κ2) is 7.41. The molecule has 1 aliphatic heterocycles. The Morgan fingerprint density at radius 2 is 1.90 bits per heavy atom. The fourth-order valence-corrected chi connectivity index (χ4v) is 2.05. The van der Waals surface area contributed by atoms with Crippen molar-refractivity contribution in [1.29, 1.82) is 0 Å². The van der Waals surface area contributed by atoms with Crippen molar-refractivity contribution in [3.8, 4) is 0 Å². The maximum Gasteiger partial charge on any atom is 0.407 e. The van der Waals surface area contributed by atoms with Crippen LogP contribution in [-0.4, -0.2) is 66.2 Å². The summed E-state index contributed by atoms with van der Waals surface area (Å²) in [7, 11) is 0. The largest absolute Gasteiger partial charge is 0.450 e. The number of piperazine rings is 1. The Hall–Kier alpha value is -2.38. The molecule has 1 aromatic rings. The topological polar surface area (TPSA) is 87.7 Å². The number of carbonyl (C=O) groups is 2. The minimum absolute atomic E-state index is 0.0410. The first-order valence-electron chi connectivity index (χ1n) is 6.91. The molecule has 0 radical (unpaired) electrons. The average Bonchev–Trinajstić information content (AvgIpc) is 2.54. The lowest BCUT2D eigenvalue weighted by Crippen LogP contribution is -2.51. The molecule has 0 atom stereocenters. The number of hydrogen-bond acceptors (Lipinski definition) is 6. The summed E-state index contributed by atoms with van der Waals surface area (Å²) in [6.07, 6.45) is 2.83. The van der Waals surface area contributed by atoms with Crippen molar-refractivity contribution in [3.63, 3.8) is 0 Å². The normalized spacial score (nSPS) is 14.7. The third-order valence-electron chi connectivity index (χ3n) is 3.13. The van der Waals surface area contributed by atoms with Gasteiger partial charge < -0.3 is 19.9 Å². The molecule has 0 unspecified atom stereocenters. The Kier molecular flexibility index (Phi) is 5.30. The van der Waals surface area contributed by atoms with Gasteiger partial charge >= 0.3 is 6.09 Å². The molecule has 21 heavy (non-hydrogen) atoms. The lowest BCUT2D eigenvalue weighted by atomic mass is 10.3. The van der Waals surface area contributed by atoms with Crippen LogP contribution in [0.3, 0.4) is 0 Å². The molecule has 2 heterocycles. The zero-order valence-corrected chi connectivity index (χ0v) is 12.0. The Balaban J connectivity index is 1.76. The van der Waals surface area contributed by atoms with Crippen LogP contribution in [0.1, 0.15) is 6.92 Å². The van der Waals surface area contributed by atoms with Crippen LogP contribution < -0.4 is 10.2 Å². The summed E-state index contributed by atoms with van der Waals surface area (Å²) in [5.41, 5.74) is 0. The summed E-state index contributed by atoms with van der Waals surface area (Å²) in [6.45, 7) is 4.48. The van der Waals surface area contributed by atoms with Crippen molar-refractivity contribution in [2.45, 2.75) is 6.92 Å². The number of anilines is 1. The van der Waals surface area contributed by atoms with Gasteiger partial charge in [-0.3, -0.25) is 4.79 Å². The van der Waals surface area contributed by atoms with Crippen LogP contribution in [0.25, 0.3) is 0 Å². The molecular weight excluding hydrogens is 274 g/mol. The molecule has 8 nitrogen and oxygen atoms in total. The fourth-order valence-electron chi connectivity index (χ4n) is 2.05. The van der Waals surface area contributed by atoms with Crippen LogP contribution in [0.4, 0.5) is 10.7 Å². The van der Waals surface area contributed by atoms with E-state index in [-0.39, 0.29) is 19.1 Å². The third kappa shape index (κ3) is 4.30. The molecule has 0 spiro atoms. The van der Waals surface area contributed by atoms with Gasteiger partial charge in [-0.1, -0.05) is 0 Å². The smallest absolute Gasteiger partial charge is 0.407 e. The van der Waals surface area contributed by atoms with E-state index in [1.807, 2.05) is 4.90 Å². The lowest BCUT2D eigenvalue weighted by molar-refractivity contribution is -0.130. The van der Waals surface area contributed by atoms with Crippen molar-refractivity contribution in [1.82, 2.24) is 20.2 Å². The van der Waals surface area contributed by atoms with Gasteiger partial charge in [-0.05, 0) is 13.0 Å². The minimum atomic E-state index is -0.567. The number of nitrogens with zero attached hydrogens (tertiary/aromatic N) is 4. The number of hydrogen-bond donors (Lipinski definition) is 1. The molecule has 114 valence electrons. The van der Waals surface area contributed by atoms with Crippen molar-refractivity contribution < 1.29 is 14.3 Å². The van der Waals surface area contributed by atoms with Crippen molar-refractivity contribution in [3.05, 3.63) is 18.5 Å². The van der Waals surface area contributed by atoms with E-state index in [1.54, 1.807) is 30.3 Å². The molecule has 2 rings (SSSR count). The molecule has 0 aliphatic carbocycles. The van der Waals surface area contributed by atoms with Gasteiger partial charge in [0.1, 0.15) is 6.54 Å². The summed E-state index contributed by atoms with van der Waals surface area (Å²) in [6, 6.07) is 1.77. The molecule has 0 saturated carbocycles. The number of nitrogens with one attached hydrogen (secondary N) is 1. The standard InChI is InChI=1S/C13H19N5O3/c1-2-21-13(20)16-10-11(19)17-6-8-18(9-7-17)12-14-4-3-5-15-12/h3-5H,2,6-10H2,1H3,(H,16,20). The summed E-state index contributed by atoms with van der Waals surface area (Å²) in [5.74, 6) is 0.561. The Morgan fingerprint density at radius 3 is 2.52 bits per heavy atom. The number of aromatic nitrogens is 2. The number of carbonyl (C=O) groups excluding carboxylic acids is 2. The zero-order chi connectivity index (χ0) is 15.1. The highest BCUT2D eigenvalue weighted by Gasteiger charge is 2.22. The highest BCUT2D eigenvalue weighted by molar-refractivity contribution is 5.82. The van der Waals surface area contributed by atoms with Gasteiger partial charge in [-0.15, -0.1) is 0 Å². The molecule has 0 aromatic carbocycles. The highest BCUT2D eigenvalue weighted by Crippen LogP contribution is 2.09. The minimum Gasteiger partial charge on any atom is -0.450 e. The maximum absolute atomic E-state index is 12.0. The summed E-state index contributed by atoms with van der Waals surface area (Å²) < 4.78 is 4.71. The van der Waals surface area contributed by atoms with Gasteiger partial charge in [0.05, 0.1) is 6.61 Å². The van der Waals surface area contributed by atoms with E-state index in [4.69, 9.17) is 4.74 Å². The summed E-state index contributed by atoms with van der Waals surface area (Å²) in [5, 5.41) is 2.43. The lowest BCUT2D eigenvalue weighted by Gasteiger charge is -2.34. The number of rotatable bonds is 4. The first kappa shape index (κ1) is 15.0. The predicted octanol–water partition coefficient (Wildman–Crippen LogP) is -0.129. The van der Waals surface area contributed by atoms with E-state index in [1.165, 1.54) is 0 Å². The number of amides is 2. The first-order chi connectivity index (χ1) is 10.2. The average molecular weight is 293 g/mol. The fraction of sp³-hybridized carbons (Fsp3) is 0.538. The van der Waals surface area contributed by atoms with E-state index in [2.05, 4.69) is 15.3 Å². The van der Waals surface area contributed by atoms with Crippen LogP contribution in [0.5, 0.6) is 0 Å². The molecule has 0 bridgehead atoms. The number of alkyl carbamates (subject to hydrolysis) is 1. The van der Waals surface area contributed by atoms with Crippen LogP contribution in [-0.2, 0) is 9.53 Å². The van der Waals surface area contributed by atoms with E-state index in [9.17, 15) is 9.59 Å². The van der Waals surface area contributed by atoms with E-state index in [0.717, 1.165) is 0 Å². The molecule has 1 saturated heterocycles. The molecule has 2 amide bonds. The Labute approximate surface area is 123 Å². The van der Waals surface area contributed by atoms with Gasteiger partial charge in [0.15, 0.2) is 0 Å². The van der Waals surface area contributed by atoms with Gasteiger partial charge in [-0.2, -0.15) is 0 Å². The highest BCUT2D eigenvalue weighted by atomic mass is 16.5. The van der Waals surface area contributed by atoms with Crippen molar-refractivity contribution in [2.24, 2.45) is 0 Å². The third-order valence-corrected chi connectivity index (χ3v) is 3.13. The van der Waals surface area contributed by atoms with E-state index < -0.39 is 6.09 Å². The second-order valence-corrected chi connectivity index (χ2v) is 4.49. The van der Waals surface area contributed by atoms with Gasteiger partial charge in [0.2, 0.25) is 11.9 Å². The quantitative estimate of drug-likeness (QED) is 0.832. The molecule has 1 aliphatic rings. The van der Waals surface area contributed by atoms with E-state index in [0.29, 0.717) is 32.1 Å². The molecule has 1 fully saturated rings. The molecule has 1 aromatic heterocycles. The molecular formula is C13H19N5O3. The van der Waals surface area contributed by atoms with E-state index >= 15 is 0 Å². The van der Waals surface area contributed by atoms with Crippen molar-refractivity contribution in [2.75, 3.05) is 44.2 Å². The summed E-state index contributed by atoms with van der Waals surface area (Å²) >= 11 is 0. The van der Waals surface area contributed by atoms with Gasteiger partial charge in [-0.25, -0.2) is 14.8 Å². The monoisotopic (exact) mass is 293 g/mol. The van der Waals surface area contributed by atoms with Crippen LogP contribution in [0, 0.1) is 0 Å². The van der Waals surface area contributed by atoms with Crippen LogP contribution in [0.15, 0.2) is 18.5 Å². The zero-order valence-electron chi connectivity index (χ0n) is 12.0. The molecule has 8 heteroatoms. The van der Waals surface area contributed by atoms with Crippen LogP contribution >= 0.6 is 0 Å². The van der Waals surface area contributed by atoms with Gasteiger partial charge in [0, 0.05) is 38.6 Å². The van der Waals surface area contributed by atoms with Crippen LogP contribution in [0.2, 0.25) is 0 Å². The Bertz CT molecular complexity index is 474. The maximum atomic E-state index is 12.0. The number of ether oxygens (including phenoxy) is 1. The summed E-state index contributed by atoms with van der Waals surface area (Å²) in [4.78, 5) is 35.2. The van der Waals surface area contributed by atoms with Crippen molar-refractivity contribution >= 4 is 17.9 Å². The predicted molar refractivity (Wildman–Crippen MR) is 75.8 cm³/mol. The Morgan fingerprint density at radius 1 is 1.24 bits per heavy atom.